The number of hydrogen-bond acceptors (Lipinski definition) is 6. The van der Waals surface area contributed by atoms with Crippen LogP contribution in [-0.4, -0.2) is 28.6 Å². The summed E-state index contributed by atoms with van der Waals surface area (Å²) >= 11 is 0. The van der Waals surface area contributed by atoms with E-state index < -0.39 is 0 Å². The van der Waals surface area contributed by atoms with Crippen LogP contribution in [0.1, 0.15) is 17.1 Å². The number of rotatable bonds is 8. The number of benzene rings is 1. The molecule has 6 heteroatoms. The fourth-order valence-electron chi connectivity index (χ4n) is 2.67. The minimum atomic E-state index is 0.623. The molecule has 0 aliphatic carbocycles. The average molecular weight is 349 g/mol. The lowest BCUT2D eigenvalue weighted by Gasteiger charge is -2.11. The number of anilines is 2. The molecule has 0 amide bonds. The molecule has 2 aromatic heterocycles. The van der Waals surface area contributed by atoms with Gasteiger partial charge in [-0.2, -0.15) is 0 Å². The molecular weight excluding hydrogens is 326 g/mol. The first-order valence-electron chi connectivity index (χ1n) is 8.60. The molecule has 0 spiro atoms. The van der Waals surface area contributed by atoms with Crippen LogP contribution >= 0.6 is 0 Å². The topological polar surface area (TPSA) is 72.0 Å². The fourth-order valence-corrected chi connectivity index (χ4v) is 2.67. The van der Waals surface area contributed by atoms with E-state index in [-0.39, 0.29) is 0 Å². The van der Waals surface area contributed by atoms with Gasteiger partial charge in [-0.3, -0.25) is 4.98 Å². The number of methoxy groups -OCH3 is 1. The van der Waals surface area contributed by atoms with Gasteiger partial charge in [-0.15, -0.1) is 0 Å². The fraction of sp³-hybridized carbons (Fsp3) is 0.250. The second-order valence-electron chi connectivity index (χ2n) is 5.85. The molecular formula is C20H23N5O. The van der Waals surface area contributed by atoms with Crippen molar-refractivity contribution in [2.24, 2.45) is 0 Å². The summed E-state index contributed by atoms with van der Waals surface area (Å²) in [5, 5.41) is 6.66. The zero-order chi connectivity index (χ0) is 18.2. The third-order valence-corrected chi connectivity index (χ3v) is 3.91. The summed E-state index contributed by atoms with van der Waals surface area (Å²) in [6.45, 7) is 3.27. The molecule has 3 rings (SSSR count). The number of nitrogens with zero attached hydrogens (tertiary/aromatic N) is 3. The van der Waals surface area contributed by atoms with Gasteiger partial charge in [-0.25, -0.2) is 9.97 Å². The van der Waals surface area contributed by atoms with E-state index in [1.54, 1.807) is 13.3 Å². The molecule has 0 unspecified atom stereocenters. The van der Waals surface area contributed by atoms with Gasteiger partial charge in [0, 0.05) is 18.8 Å². The number of hydrogen-bond donors (Lipinski definition) is 2. The van der Waals surface area contributed by atoms with Crippen molar-refractivity contribution in [2.75, 3.05) is 24.3 Å². The minimum absolute atomic E-state index is 0.623. The van der Waals surface area contributed by atoms with Crippen molar-refractivity contribution in [2.45, 2.75) is 19.9 Å². The maximum atomic E-state index is 5.39. The molecule has 0 saturated heterocycles. The van der Waals surface area contributed by atoms with Crippen molar-refractivity contribution >= 4 is 11.6 Å². The zero-order valence-electron chi connectivity index (χ0n) is 15.1. The minimum Gasteiger partial charge on any atom is -0.496 e. The Morgan fingerprint density at radius 1 is 0.962 bits per heavy atom. The lowest BCUT2D eigenvalue weighted by Crippen LogP contribution is -2.10. The molecule has 0 radical (unpaired) electrons. The molecule has 0 aliphatic rings. The first-order chi connectivity index (χ1) is 12.7. The molecule has 0 atom stereocenters. The van der Waals surface area contributed by atoms with Crippen LogP contribution in [0.25, 0.3) is 0 Å². The van der Waals surface area contributed by atoms with Crippen LogP contribution in [0.4, 0.5) is 11.6 Å². The van der Waals surface area contributed by atoms with Gasteiger partial charge in [-0.05, 0) is 37.1 Å². The molecule has 0 bridgehead atoms. The molecule has 26 heavy (non-hydrogen) atoms. The molecule has 2 heterocycles. The standard InChI is InChI=1S/C20H23N5O/c1-15-24-19(22-12-10-16-7-3-4-9-18(16)26-2)13-20(25-15)23-14-17-8-5-6-11-21-17/h3-9,11,13H,10,12,14H2,1-2H3,(H2,22,23,24,25). The predicted molar refractivity (Wildman–Crippen MR) is 104 cm³/mol. The first kappa shape index (κ1) is 17.7. The largest absolute Gasteiger partial charge is 0.496 e. The Balaban J connectivity index is 1.59. The van der Waals surface area contributed by atoms with E-state index in [2.05, 4.69) is 31.7 Å². The highest BCUT2D eigenvalue weighted by atomic mass is 16.5. The van der Waals surface area contributed by atoms with Crippen LogP contribution in [0.5, 0.6) is 5.75 Å². The second-order valence-corrected chi connectivity index (χ2v) is 5.85. The Hall–Kier alpha value is -3.15. The van der Waals surface area contributed by atoms with E-state index in [1.165, 1.54) is 5.56 Å². The third-order valence-electron chi connectivity index (χ3n) is 3.91. The molecule has 0 fully saturated rings. The molecule has 134 valence electrons. The summed E-state index contributed by atoms with van der Waals surface area (Å²) in [7, 11) is 1.69. The smallest absolute Gasteiger partial charge is 0.132 e. The second kappa shape index (κ2) is 8.80. The lowest BCUT2D eigenvalue weighted by molar-refractivity contribution is 0.410. The SMILES string of the molecule is COc1ccccc1CCNc1cc(NCc2ccccn2)nc(C)n1. The predicted octanol–water partition coefficient (Wildman–Crippen LogP) is 3.46. The van der Waals surface area contributed by atoms with Gasteiger partial charge < -0.3 is 15.4 Å². The summed E-state index contributed by atoms with van der Waals surface area (Å²) in [6.07, 6.45) is 2.64. The average Bonchev–Trinajstić information content (AvgIpc) is 2.67. The van der Waals surface area contributed by atoms with E-state index in [1.807, 2.05) is 49.4 Å². The number of aryl methyl sites for hydroxylation is 1. The zero-order valence-corrected chi connectivity index (χ0v) is 15.1. The Bertz CT molecular complexity index is 839. The van der Waals surface area contributed by atoms with Gasteiger partial charge >= 0.3 is 0 Å². The van der Waals surface area contributed by atoms with Gasteiger partial charge in [-0.1, -0.05) is 24.3 Å². The Morgan fingerprint density at radius 3 is 2.50 bits per heavy atom. The van der Waals surface area contributed by atoms with E-state index in [4.69, 9.17) is 4.74 Å². The number of ether oxygens (including phenoxy) is 1. The Kier molecular flexibility index (Phi) is 5.98. The van der Waals surface area contributed by atoms with Crippen molar-refractivity contribution in [1.82, 2.24) is 15.0 Å². The van der Waals surface area contributed by atoms with Crippen molar-refractivity contribution < 1.29 is 4.74 Å². The van der Waals surface area contributed by atoms with Gasteiger partial charge in [0.05, 0.1) is 19.3 Å². The highest BCUT2D eigenvalue weighted by Crippen LogP contribution is 2.18. The van der Waals surface area contributed by atoms with E-state index in [9.17, 15) is 0 Å². The van der Waals surface area contributed by atoms with Crippen molar-refractivity contribution in [3.63, 3.8) is 0 Å². The molecule has 6 nitrogen and oxygen atoms in total. The Labute approximate surface area is 153 Å². The van der Waals surface area contributed by atoms with Crippen LogP contribution in [0.2, 0.25) is 0 Å². The monoisotopic (exact) mass is 349 g/mol. The van der Waals surface area contributed by atoms with Gasteiger partial charge in [0.25, 0.3) is 0 Å². The Morgan fingerprint density at radius 2 is 1.73 bits per heavy atom. The maximum Gasteiger partial charge on any atom is 0.132 e. The van der Waals surface area contributed by atoms with E-state index >= 15 is 0 Å². The van der Waals surface area contributed by atoms with Crippen LogP contribution < -0.4 is 15.4 Å². The van der Waals surface area contributed by atoms with E-state index in [0.29, 0.717) is 6.54 Å². The van der Waals surface area contributed by atoms with Gasteiger partial charge in [0.15, 0.2) is 0 Å². The molecule has 0 aliphatic heterocycles. The summed E-state index contributed by atoms with van der Waals surface area (Å²) in [4.78, 5) is 13.2. The van der Waals surface area contributed by atoms with Crippen molar-refractivity contribution in [1.29, 1.82) is 0 Å². The first-order valence-corrected chi connectivity index (χ1v) is 8.60. The molecule has 3 aromatic rings. The highest BCUT2D eigenvalue weighted by molar-refractivity contribution is 5.48. The maximum absolute atomic E-state index is 5.39. The third kappa shape index (κ3) is 4.92. The molecule has 2 N–H and O–H groups in total. The summed E-state index contributed by atoms with van der Waals surface area (Å²) in [6, 6.07) is 15.8. The summed E-state index contributed by atoms with van der Waals surface area (Å²) in [5.41, 5.74) is 2.14. The van der Waals surface area contributed by atoms with Crippen LogP contribution in [-0.2, 0) is 13.0 Å². The molecule has 1 aromatic carbocycles. The quantitative estimate of drug-likeness (QED) is 0.649. The number of aromatic nitrogens is 3. The molecule has 0 saturated carbocycles. The summed E-state index contributed by atoms with van der Waals surface area (Å²) < 4.78 is 5.39. The normalized spacial score (nSPS) is 10.4. The number of pyridine rings is 1. The van der Waals surface area contributed by atoms with Crippen molar-refractivity contribution in [3.8, 4) is 5.75 Å². The highest BCUT2D eigenvalue weighted by Gasteiger charge is 2.04. The number of para-hydroxylation sites is 1. The van der Waals surface area contributed by atoms with Gasteiger partial charge in [0.2, 0.25) is 0 Å². The van der Waals surface area contributed by atoms with Gasteiger partial charge in [0.1, 0.15) is 23.2 Å². The van der Waals surface area contributed by atoms with Crippen LogP contribution in [0, 0.1) is 6.92 Å². The van der Waals surface area contributed by atoms with Crippen LogP contribution in [0.3, 0.4) is 0 Å². The summed E-state index contributed by atoms with van der Waals surface area (Å²) in [5.74, 6) is 3.21. The lowest BCUT2D eigenvalue weighted by atomic mass is 10.1. The van der Waals surface area contributed by atoms with Crippen LogP contribution in [0.15, 0.2) is 54.7 Å². The van der Waals surface area contributed by atoms with E-state index in [0.717, 1.165) is 41.9 Å². The number of nitrogens with one attached hydrogen (secondary N) is 2. The van der Waals surface area contributed by atoms with Crippen molar-refractivity contribution in [3.05, 3.63) is 71.8 Å².